The summed E-state index contributed by atoms with van der Waals surface area (Å²) in [6, 6.07) is 5.87. The smallest absolute Gasteiger partial charge is 0.193 e. The van der Waals surface area contributed by atoms with Gasteiger partial charge in [-0.3, -0.25) is 4.99 Å². The molecule has 0 spiro atoms. The van der Waals surface area contributed by atoms with Gasteiger partial charge in [0.25, 0.3) is 0 Å². The van der Waals surface area contributed by atoms with E-state index < -0.39 is 6.10 Å². The van der Waals surface area contributed by atoms with Crippen LogP contribution in [0.25, 0.3) is 0 Å². The Hall–Kier alpha value is -1.66. The minimum absolute atomic E-state index is 0.307. The normalized spacial score (nSPS) is 20.0. The van der Waals surface area contributed by atoms with Crippen LogP contribution in [0.1, 0.15) is 18.1 Å². The van der Waals surface area contributed by atoms with Crippen LogP contribution in [0.4, 0.5) is 4.39 Å². The first-order valence-electron chi connectivity index (χ1n) is 7.53. The number of nitrogens with zero attached hydrogens (tertiary/aromatic N) is 2. The topological polar surface area (TPSA) is 57.1 Å². The highest BCUT2D eigenvalue weighted by Gasteiger charge is 2.19. The minimum atomic E-state index is -0.708. The molecule has 1 aliphatic rings. The molecule has 6 heteroatoms. The lowest BCUT2D eigenvalue weighted by Crippen LogP contribution is -2.42. The first-order chi connectivity index (χ1) is 10.6. The summed E-state index contributed by atoms with van der Waals surface area (Å²) in [7, 11) is 3.69. The highest BCUT2D eigenvalue weighted by atomic mass is 19.1. The summed E-state index contributed by atoms with van der Waals surface area (Å²) < 4.78 is 18.3. The molecule has 1 saturated heterocycles. The molecule has 0 saturated carbocycles. The third-order valence-corrected chi connectivity index (χ3v) is 3.84. The lowest BCUT2D eigenvalue weighted by Gasteiger charge is -2.25. The summed E-state index contributed by atoms with van der Waals surface area (Å²) >= 11 is 0. The van der Waals surface area contributed by atoms with Crippen LogP contribution in [0.15, 0.2) is 29.3 Å². The summed E-state index contributed by atoms with van der Waals surface area (Å²) in [4.78, 5) is 6.27. The van der Waals surface area contributed by atoms with Gasteiger partial charge in [-0.25, -0.2) is 4.39 Å². The zero-order valence-electron chi connectivity index (χ0n) is 13.1. The second-order valence-electron chi connectivity index (χ2n) is 5.61. The molecule has 0 aliphatic carbocycles. The quantitative estimate of drug-likeness (QED) is 0.638. The SMILES string of the molecule is CN=C(NCC(O)c1ccc(F)cc1)N(C)CC1CCOC1. The van der Waals surface area contributed by atoms with Crippen molar-refractivity contribution in [1.82, 2.24) is 10.2 Å². The van der Waals surface area contributed by atoms with Crippen LogP contribution < -0.4 is 5.32 Å². The predicted octanol–water partition coefficient (Wildman–Crippen LogP) is 1.40. The van der Waals surface area contributed by atoms with Crippen LogP contribution in [-0.4, -0.2) is 56.4 Å². The van der Waals surface area contributed by atoms with Crippen molar-refractivity contribution in [3.05, 3.63) is 35.6 Å². The van der Waals surface area contributed by atoms with Gasteiger partial charge in [0.15, 0.2) is 5.96 Å². The third-order valence-electron chi connectivity index (χ3n) is 3.84. The van der Waals surface area contributed by atoms with Crippen LogP contribution in [0.2, 0.25) is 0 Å². The van der Waals surface area contributed by atoms with Crippen molar-refractivity contribution in [2.24, 2.45) is 10.9 Å². The van der Waals surface area contributed by atoms with E-state index in [1.54, 1.807) is 19.2 Å². The Bertz CT molecular complexity index is 487. The van der Waals surface area contributed by atoms with Crippen molar-refractivity contribution in [2.75, 3.05) is 40.4 Å². The Kier molecular flexibility index (Phi) is 6.15. The van der Waals surface area contributed by atoms with E-state index >= 15 is 0 Å². The Labute approximate surface area is 130 Å². The molecule has 22 heavy (non-hydrogen) atoms. The van der Waals surface area contributed by atoms with E-state index in [9.17, 15) is 9.50 Å². The fourth-order valence-electron chi connectivity index (χ4n) is 2.58. The summed E-state index contributed by atoms with van der Waals surface area (Å²) in [6.45, 7) is 2.81. The molecule has 2 rings (SSSR count). The van der Waals surface area contributed by atoms with Gasteiger partial charge in [-0.05, 0) is 24.1 Å². The van der Waals surface area contributed by atoms with Crippen LogP contribution in [0.5, 0.6) is 0 Å². The second-order valence-corrected chi connectivity index (χ2v) is 5.61. The predicted molar refractivity (Wildman–Crippen MR) is 84.3 cm³/mol. The zero-order chi connectivity index (χ0) is 15.9. The van der Waals surface area contributed by atoms with Gasteiger partial charge in [0.1, 0.15) is 5.82 Å². The van der Waals surface area contributed by atoms with Gasteiger partial charge in [0, 0.05) is 39.7 Å². The number of ether oxygens (including phenoxy) is 1. The van der Waals surface area contributed by atoms with Crippen LogP contribution >= 0.6 is 0 Å². The number of aliphatic hydroxyl groups is 1. The van der Waals surface area contributed by atoms with E-state index in [0.29, 0.717) is 18.0 Å². The van der Waals surface area contributed by atoms with Crippen molar-refractivity contribution < 1.29 is 14.2 Å². The zero-order valence-corrected chi connectivity index (χ0v) is 13.1. The Morgan fingerprint density at radius 2 is 2.23 bits per heavy atom. The standard InChI is InChI=1S/C16H24FN3O2/c1-18-16(20(2)10-12-7-8-22-11-12)19-9-15(21)13-3-5-14(17)6-4-13/h3-6,12,15,21H,7-11H2,1-2H3,(H,18,19). The molecule has 1 heterocycles. The van der Waals surface area contributed by atoms with Gasteiger partial charge in [-0.15, -0.1) is 0 Å². The maximum absolute atomic E-state index is 12.9. The van der Waals surface area contributed by atoms with Crippen LogP contribution in [-0.2, 0) is 4.74 Å². The van der Waals surface area contributed by atoms with Gasteiger partial charge in [0.2, 0.25) is 0 Å². The molecule has 1 fully saturated rings. The van der Waals surface area contributed by atoms with Crippen molar-refractivity contribution in [3.8, 4) is 0 Å². The molecular weight excluding hydrogens is 285 g/mol. The molecule has 5 nitrogen and oxygen atoms in total. The largest absolute Gasteiger partial charge is 0.387 e. The lowest BCUT2D eigenvalue weighted by atomic mass is 10.1. The summed E-state index contributed by atoms with van der Waals surface area (Å²) in [5.41, 5.74) is 0.677. The molecule has 1 aromatic carbocycles. The average Bonchev–Trinajstić information content (AvgIpc) is 3.01. The van der Waals surface area contributed by atoms with Gasteiger partial charge in [0.05, 0.1) is 12.7 Å². The van der Waals surface area contributed by atoms with E-state index in [1.807, 2.05) is 11.9 Å². The van der Waals surface area contributed by atoms with E-state index in [-0.39, 0.29) is 5.82 Å². The number of nitrogens with one attached hydrogen (secondary N) is 1. The van der Waals surface area contributed by atoms with Crippen LogP contribution in [0, 0.1) is 11.7 Å². The van der Waals surface area contributed by atoms with E-state index in [1.165, 1.54) is 12.1 Å². The van der Waals surface area contributed by atoms with E-state index in [0.717, 1.165) is 32.1 Å². The first-order valence-corrected chi connectivity index (χ1v) is 7.53. The summed E-state index contributed by atoms with van der Waals surface area (Å²) in [5.74, 6) is 0.942. The molecule has 0 amide bonds. The fraction of sp³-hybridized carbons (Fsp3) is 0.562. The van der Waals surface area contributed by atoms with Gasteiger partial charge in [-0.2, -0.15) is 0 Å². The molecule has 2 atom stereocenters. The number of aliphatic imine (C=N–C) groups is 1. The second kappa shape index (κ2) is 8.10. The van der Waals surface area contributed by atoms with Gasteiger partial charge >= 0.3 is 0 Å². The number of halogens is 1. The molecule has 0 bridgehead atoms. The Morgan fingerprint density at radius 1 is 1.50 bits per heavy atom. The third kappa shape index (κ3) is 4.68. The van der Waals surface area contributed by atoms with Crippen LogP contribution in [0.3, 0.4) is 0 Å². The van der Waals surface area contributed by atoms with Crippen molar-refractivity contribution >= 4 is 5.96 Å². The number of aliphatic hydroxyl groups excluding tert-OH is 1. The number of guanidine groups is 1. The average molecular weight is 309 g/mol. The lowest BCUT2D eigenvalue weighted by molar-refractivity contribution is 0.176. The van der Waals surface area contributed by atoms with E-state index in [2.05, 4.69) is 10.3 Å². The first kappa shape index (κ1) is 16.7. The number of hydrogen-bond donors (Lipinski definition) is 2. The summed E-state index contributed by atoms with van der Waals surface area (Å²) in [5, 5.41) is 13.3. The molecule has 0 radical (unpaired) electrons. The molecule has 2 unspecified atom stereocenters. The molecule has 122 valence electrons. The summed E-state index contributed by atoms with van der Waals surface area (Å²) in [6.07, 6.45) is 0.361. The Morgan fingerprint density at radius 3 is 2.82 bits per heavy atom. The molecule has 0 aromatic heterocycles. The highest BCUT2D eigenvalue weighted by molar-refractivity contribution is 5.79. The van der Waals surface area contributed by atoms with Crippen molar-refractivity contribution in [3.63, 3.8) is 0 Å². The number of benzene rings is 1. The number of hydrogen-bond acceptors (Lipinski definition) is 3. The highest BCUT2D eigenvalue weighted by Crippen LogP contribution is 2.14. The fourth-order valence-corrected chi connectivity index (χ4v) is 2.58. The maximum Gasteiger partial charge on any atom is 0.193 e. The minimum Gasteiger partial charge on any atom is -0.387 e. The van der Waals surface area contributed by atoms with Gasteiger partial charge in [-0.1, -0.05) is 12.1 Å². The number of rotatable bonds is 5. The monoisotopic (exact) mass is 309 g/mol. The maximum atomic E-state index is 12.9. The van der Waals surface area contributed by atoms with Gasteiger partial charge < -0.3 is 20.1 Å². The molecule has 1 aliphatic heterocycles. The molecular formula is C16H24FN3O2. The molecule has 2 N–H and O–H groups in total. The Balaban J connectivity index is 1.83. The van der Waals surface area contributed by atoms with Crippen molar-refractivity contribution in [1.29, 1.82) is 0 Å². The van der Waals surface area contributed by atoms with E-state index in [4.69, 9.17) is 4.74 Å². The molecule has 1 aromatic rings. The van der Waals surface area contributed by atoms with Crippen molar-refractivity contribution in [2.45, 2.75) is 12.5 Å².